The smallest absolute Gasteiger partial charge is 0.129 e. The molecule has 1 heterocycles. The van der Waals surface area contributed by atoms with Crippen LogP contribution in [0.5, 0.6) is 0 Å². The molecule has 1 saturated heterocycles. The average Bonchev–Trinajstić information content (AvgIpc) is 2.58. The van der Waals surface area contributed by atoms with E-state index in [1.54, 1.807) is 12.1 Å². The van der Waals surface area contributed by atoms with Crippen LogP contribution in [0.4, 0.5) is 4.39 Å². The van der Waals surface area contributed by atoms with Gasteiger partial charge in [0.25, 0.3) is 0 Å². The SMILES string of the molecule is Fc1cccc(Cl)c1CN1CCC(Cl)C1. The lowest BCUT2D eigenvalue weighted by Gasteiger charge is -2.16. The molecule has 0 spiro atoms. The first-order valence-electron chi connectivity index (χ1n) is 4.96. The van der Waals surface area contributed by atoms with Gasteiger partial charge in [-0.3, -0.25) is 4.90 Å². The minimum absolute atomic E-state index is 0.190. The van der Waals surface area contributed by atoms with Gasteiger partial charge in [-0.1, -0.05) is 17.7 Å². The van der Waals surface area contributed by atoms with Crippen LogP contribution in [0.25, 0.3) is 0 Å². The molecule has 1 nitrogen and oxygen atoms in total. The highest BCUT2D eigenvalue weighted by Crippen LogP contribution is 2.23. The van der Waals surface area contributed by atoms with Gasteiger partial charge in [0.15, 0.2) is 0 Å². The summed E-state index contributed by atoms with van der Waals surface area (Å²) in [4.78, 5) is 2.13. The van der Waals surface area contributed by atoms with Crippen molar-refractivity contribution in [2.45, 2.75) is 18.3 Å². The van der Waals surface area contributed by atoms with Gasteiger partial charge in [-0.15, -0.1) is 11.6 Å². The molecular weight excluding hydrogens is 236 g/mol. The summed E-state index contributed by atoms with van der Waals surface area (Å²) >= 11 is 11.9. The second-order valence-corrected chi connectivity index (χ2v) is 4.85. The molecule has 0 amide bonds. The fourth-order valence-electron chi connectivity index (χ4n) is 1.84. The van der Waals surface area contributed by atoms with Gasteiger partial charge in [-0.05, 0) is 25.1 Å². The number of hydrogen-bond donors (Lipinski definition) is 0. The molecule has 0 N–H and O–H groups in total. The zero-order chi connectivity index (χ0) is 10.8. The van der Waals surface area contributed by atoms with E-state index < -0.39 is 0 Å². The summed E-state index contributed by atoms with van der Waals surface area (Å²) in [5.41, 5.74) is 0.574. The molecule has 1 fully saturated rings. The van der Waals surface area contributed by atoms with Crippen LogP contribution in [0.2, 0.25) is 5.02 Å². The first-order chi connectivity index (χ1) is 7.16. The molecule has 4 heteroatoms. The summed E-state index contributed by atoms with van der Waals surface area (Å²) in [6, 6.07) is 4.78. The molecule has 0 aromatic heterocycles. The van der Waals surface area contributed by atoms with E-state index in [1.165, 1.54) is 6.07 Å². The van der Waals surface area contributed by atoms with Crippen LogP contribution in [0.15, 0.2) is 18.2 Å². The third kappa shape index (κ3) is 2.63. The number of alkyl halides is 1. The van der Waals surface area contributed by atoms with Crippen LogP contribution in [0, 0.1) is 5.82 Å². The summed E-state index contributed by atoms with van der Waals surface area (Å²) < 4.78 is 13.5. The third-order valence-corrected chi connectivity index (χ3v) is 3.37. The second-order valence-electron chi connectivity index (χ2n) is 3.82. The number of benzene rings is 1. The minimum Gasteiger partial charge on any atom is -0.297 e. The van der Waals surface area contributed by atoms with E-state index in [4.69, 9.17) is 23.2 Å². The van der Waals surface area contributed by atoms with E-state index in [1.807, 2.05) is 0 Å². The van der Waals surface area contributed by atoms with Gasteiger partial charge in [-0.25, -0.2) is 4.39 Å². The van der Waals surface area contributed by atoms with Crippen molar-refractivity contribution in [3.8, 4) is 0 Å². The molecule has 0 radical (unpaired) electrons. The van der Waals surface area contributed by atoms with Gasteiger partial charge in [0, 0.05) is 29.1 Å². The average molecular weight is 248 g/mol. The third-order valence-electron chi connectivity index (χ3n) is 2.66. The monoisotopic (exact) mass is 247 g/mol. The number of likely N-dealkylation sites (tertiary alicyclic amines) is 1. The second kappa shape index (κ2) is 4.69. The van der Waals surface area contributed by atoms with Gasteiger partial charge < -0.3 is 0 Å². The summed E-state index contributed by atoms with van der Waals surface area (Å²) in [6.07, 6.45) is 0.966. The van der Waals surface area contributed by atoms with Crippen molar-refractivity contribution in [2.75, 3.05) is 13.1 Å². The maximum atomic E-state index is 13.5. The van der Waals surface area contributed by atoms with E-state index in [2.05, 4.69) is 4.90 Å². The Morgan fingerprint density at radius 1 is 1.47 bits per heavy atom. The molecule has 0 saturated carbocycles. The first-order valence-corrected chi connectivity index (χ1v) is 5.77. The quantitative estimate of drug-likeness (QED) is 0.726. The Kier molecular flexibility index (Phi) is 3.49. The molecule has 0 bridgehead atoms. The van der Waals surface area contributed by atoms with Crippen LogP contribution in [-0.2, 0) is 6.54 Å². The maximum absolute atomic E-state index is 13.5. The molecule has 1 aromatic rings. The van der Waals surface area contributed by atoms with Gasteiger partial charge >= 0.3 is 0 Å². The largest absolute Gasteiger partial charge is 0.297 e. The Morgan fingerprint density at radius 2 is 2.27 bits per heavy atom. The number of rotatable bonds is 2. The van der Waals surface area contributed by atoms with Crippen molar-refractivity contribution in [3.05, 3.63) is 34.6 Å². The van der Waals surface area contributed by atoms with E-state index in [0.29, 0.717) is 17.1 Å². The van der Waals surface area contributed by atoms with Gasteiger partial charge in [0.2, 0.25) is 0 Å². The molecule has 1 unspecified atom stereocenters. The minimum atomic E-state index is -0.236. The number of halogens is 3. The Hall–Kier alpha value is -0.310. The fourth-order valence-corrected chi connectivity index (χ4v) is 2.35. The van der Waals surface area contributed by atoms with Gasteiger partial charge in [-0.2, -0.15) is 0 Å². The van der Waals surface area contributed by atoms with E-state index in [9.17, 15) is 4.39 Å². The van der Waals surface area contributed by atoms with Crippen molar-refractivity contribution in [1.82, 2.24) is 4.90 Å². The number of hydrogen-bond acceptors (Lipinski definition) is 1. The molecule has 1 aromatic carbocycles. The van der Waals surface area contributed by atoms with Crippen LogP contribution in [-0.4, -0.2) is 23.4 Å². The number of nitrogens with zero attached hydrogens (tertiary/aromatic N) is 1. The lowest BCUT2D eigenvalue weighted by Crippen LogP contribution is -2.21. The van der Waals surface area contributed by atoms with Crippen molar-refractivity contribution in [3.63, 3.8) is 0 Å². The summed E-state index contributed by atoms with van der Waals surface area (Å²) in [5.74, 6) is -0.236. The van der Waals surface area contributed by atoms with E-state index >= 15 is 0 Å². The molecule has 1 atom stereocenters. The maximum Gasteiger partial charge on any atom is 0.129 e. The molecule has 82 valence electrons. The van der Waals surface area contributed by atoms with Crippen LogP contribution >= 0.6 is 23.2 Å². The highest BCUT2D eigenvalue weighted by molar-refractivity contribution is 6.31. The molecule has 0 aliphatic carbocycles. The van der Waals surface area contributed by atoms with Crippen molar-refractivity contribution < 1.29 is 4.39 Å². The Balaban J connectivity index is 2.10. The summed E-state index contributed by atoms with van der Waals surface area (Å²) in [6.45, 7) is 2.28. The molecule has 15 heavy (non-hydrogen) atoms. The van der Waals surface area contributed by atoms with E-state index in [-0.39, 0.29) is 11.2 Å². The zero-order valence-electron chi connectivity index (χ0n) is 8.22. The lowest BCUT2D eigenvalue weighted by molar-refractivity contribution is 0.326. The molecule has 1 aliphatic rings. The predicted molar refractivity (Wildman–Crippen MR) is 60.9 cm³/mol. The first kappa shape index (κ1) is 11.2. The normalized spacial score (nSPS) is 22.2. The Labute approximate surface area is 98.8 Å². The summed E-state index contributed by atoms with van der Waals surface area (Å²) in [5, 5.41) is 0.684. The van der Waals surface area contributed by atoms with Crippen molar-refractivity contribution in [1.29, 1.82) is 0 Å². The fraction of sp³-hybridized carbons (Fsp3) is 0.455. The summed E-state index contributed by atoms with van der Waals surface area (Å²) in [7, 11) is 0. The van der Waals surface area contributed by atoms with Crippen LogP contribution < -0.4 is 0 Å². The van der Waals surface area contributed by atoms with Gasteiger partial charge in [0.1, 0.15) is 5.82 Å². The van der Waals surface area contributed by atoms with Crippen molar-refractivity contribution >= 4 is 23.2 Å². The lowest BCUT2D eigenvalue weighted by atomic mass is 10.2. The molecule has 2 rings (SSSR count). The van der Waals surface area contributed by atoms with Crippen molar-refractivity contribution in [2.24, 2.45) is 0 Å². The van der Waals surface area contributed by atoms with Crippen LogP contribution in [0.1, 0.15) is 12.0 Å². The topological polar surface area (TPSA) is 3.24 Å². The predicted octanol–water partition coefficient (Wildman–Crippen LogP) is 3.29. The standard InChI is InChI=1S/C11H12Cl2FN/c12-8-4-5-15(6-8)7-9-10(13)2-1-3-11(9)14/h1-3,8H,4-7H2. The molecule has 1 aliphatic heterocycles. The highest BCUT2D eigenvalue weighted by atomic mass is 35.5. The Morgan fingerprint density at radius 3 is 2.87 bits per heavy atom. The highest BCUT2D eigenvalue weighted by Gasteiger charge is 2.21. The Bertz CT molecular complexity index is 336. The zero-order valence-corrected chi connectivity index (χ0v) is 9.73. The van der Waals surface area contributed by atoms with Crippen LogP contribution in [0.3, 0.4) is 0 Å². The molecular formula is C11H12Cl2FN. The van der Waals surface area contributed by atoms with Gasteiger partial charge in [0.05, 0.1) is 0 Å². The van der Waals surface area contributed by atoms with E-state index in [0.717, 1.165) is 19.5 Å².